The number of nitrogens with one attached hydrogen (secondary N) is 1. The fourth-order valence-electron chi connectivity index (χ4n) is 2.58. The fraction of sp³-hybridized carbons (Fsp3) is 0.867. The van der Waals surface area contributed by atoms with Gasteiger partial charge in [-0.25, -0.2) is 0 Å². The van der Waals surface area contributed by atoms with Crippen LogP contribution in [0.15, 0.2) is 0 Å². The zero-order chi connectivity index (χ0) is 14.4. The normalized spacial score (nSPS) is 16.1. The van der Waals surface area contributed by atoms with Gasteiger partial charge in [0, 0.05) is 19.1 Å². The van der Waals surface area contributed by atoms with Crippen molar-refractivity contribution in [2.45, 2.75) is 59.4 Å². The molecule has 1 aliphatic carbocycles. The summed E-state index contributed by atoms with van der Waals surface area (Å²) in [4.78, 5) is 25.9. The molecule has 19 heavy (non-hydrogen) atoms. The van der Waals surface area contributed by atoms with E-state index >= 15 is 0 Å². The van der Waals surface area contributed by atoms with Gasteiger partial charge in [0.05, 0.1) is 0 Å². The largest absolute Gasteiger partial charge is 0.345 e. The van der Waals surface area contributed by atoms with Crippen LogP contribution in [0.25, 0.3) is 0 Å². The molecule has 0 heterocycles. The second-order valence-corrected chi connectivity index (χ2v) is 6.45. The Balaban J connectivity index is 2.55. The van der Waals surface area contributed by atoms with Crippen LogP contribution in [0.4, 0.5) is 0 Å². The number of nitrogens with zero attached hydrogens (tertiary/aromatic N) is 1. The van der Waals surface area contributed by atoms with E-state index in [1.165, 1.54) is 0 Å². The summed E-state index contributed by atoms with van der Waals surface area (Å²) in [6.45, 7) is 9.56. The summed E-state index contributed by atoms with van der Waals surface area (Å²) in [6, 6.07) is 0.205. The number of hydrogen-bond donors (Lipinski definition) is 1. The van der Waals surface area contributed by atoms with E-state index in [4.69, 9.17) is 0 Å². The SMILES string of the molecule is CC(C)CN(CC(C)C)C(=O)C(=O)NC1CCCC1. The molecule has 0 bridgehead atoms. The first-order valence-corrected chi connectivity index (χ1v) is 7.50. The Morgan fingerprint density at radius 2 is 1.53 bits per heavy atom. The molecule has 110 valence electrons. The Morgan fingerprint density at radius 3 is 1.95 bits per heavy atom. The average molecular weight is 268 g/mol. The molecule has 4 heteroatoms. The van der Waals surface area contributed by atoms with Crippen LogP contribution >= 0.6 is 0 Å². The van der Waals surface area contributed by atoms with Crippen LogP contribution in [-0.4, -0.2) is 35.8 Å². The minimum absolute atomic E-state index is 0.205. The molecule has 4 nitrogen and oxygen atoms in total. The molecule has 1 fully saturated rings. The van der Waals surface area contributed by atoms with Gasteiger partial charge in [0.15, 0.2) is 0 Å². The lowest BCUT2D eigenvalue weighted by atomic mass is 10.1. The van der Waals surface area contributed by atoms with E-state index in [1.54, 1.807) is 4.90 Å². The van der Waals surface area contributed by atoms with Crippen molar-refractivity contribution in [3.63, 3.8) is 0 Å². The zero-order valence-corrected chi connectivity index (χ0v) is 12.7. The molecule has 0 aromatic heterocycles. The first-order valence-electron chi connectivity index (χ1n) is 7.50. The van der Waals surface area contributed by atoms with Crippen molar-refractivity contribution in [2.24, 2.45) is 11.8 Å². The Bertz CT molecular complexity index is 297. The molecule has 2 amide bonds. The summed E-state index contributed by atoms with van der Waals surface area (Å²) in [7, 11) is 0. The maximum Gasteiger partial charge on any atom is 0.311 e. The smallest absolute Gasteiger partial charge is 0.311 e. The van der Waals surface area contributed by atoms with Crippen LogP contribution < -0.4 is 5.32 Å². The summed E-state index contributed by atoms with van der Waals surface area (Å²) < 4.78 is 0. The van der Waals surface area contributed by atoms with Crippen molar-refractivity contribution < 1.29 is 9.59 Å². The highest BCUT2D eigenvalue weighted by atomic mass is 16.2. The summed E-state index contributed by atoms with van der Waals surface area (Å²) in [5.41, 5.74) is 0. The molecule has 0 saturated heterocycles. The van der Waals surface area contributed by atoms with Crippen molar-refractivity contribution in [1.82, 2.24) is 10.2 Å². The molecule has 1 saturated carbocycles. The monoisotopic (exact) mass is 268 g/mol. The Hall–Kier alpha value is -1.06. The zero-order valence-electron chi connectivity index (χ0n) is 12.7. The number of amides is 2. The van der Waals surface area contributed by atoms with Crippen LogP contribution in [0.5, 0.6) is 0 Å². The topological polar surface area (TPSA) is 49.4 Å². The van der Waals surface area contributed by atoms with Gasteiger partial charge in [-0.2, -0.15) is 0 Å². The third-order valence-electron chi connectivity index (χ3n) is 3.34. The lowest BCUT2D eigenvalue weighted by Crippen LogP contribution is -2.48. The van der Waals surface area contributed by atoms with E-state index in [2.05, 4.69) is 33.0 Å². The Morgan fingerprint density at radius 1 is 1.05 bits per heavy atom. The molecule has 0 aromatic rings. The van der Waals surface area contributed by atoms with Gasteiger partial charge in [-0.05, 0) is 24.7 Å². The standard InChI is InChI=1S/C15H28N2O2/c1-11(2)9-17(10-12(3)4)15(19)14(18)16-13-7-5-6-8-13/h11-13H,5-10H2,1-4H3,(H,16,18). The second kappa shape index (κ2) is 7.51. The van der Waals surface area contributed by atoms with Gasteiger partial charge in [-0.3, -0.25) is 9.59 Å². The van der Waals surface area contributed by atoms with E-state index < -0.39 is 5.91 Å². The van der Waals surface area contributed by atoms with Gasteiger partial charge in [-0.15, -0.1) is 0 Å². The van der Waals surface area contributed by atoms with Crippen LogP contribution in [0.1, 0.15) is 53.4 Å². The molecule has 0 aliphatic heterocycles. The molecular weight excluding hydrogens is 240 g/mol. The van der Waals surface area contributed by atoms with Crippen LogP contribution in [-0.2, 0) is 9.59 Å². The van der Waals surface area contributed by atoms with Crippen molar-refractivity contribution >= 4 is 11.8 Å². The highest BCUT2D eigenvalue weighted by Gasteiger charge is 2.26. The van der Waals surface area contributed by atoms with Crippen LogP contribution in [0.3, 0.4) is 0 Å². The lowest BCUT2D eigenvalue weighted by molar-refractivity contribution is -0.146. The number of hydrogen-bond acceptors (Lipinski definition) is 2. The first kappa shape index (κ1) is 16.0. The number of carbonyl (C=O) groups excluding carboxylic acids is 2. The minimum atomic E-state index is -0.423. The molecule has 0 radical (unpaired) electrons. The molecule has 0 spiro atoms. The Kier molecular flexibility index (Phi) is 6.32. The van der Waals surface area contributed by atoms with Crippen molar-refractivity contribution in [3.05, 3.63) is 0 Å². The van der Waals surface area contributed by atoms with E-state index in [1.807, 2.05) is 0 Å². The predicted molar refractivity (Wildman–Crippen MR) is 76.7 cm³/mol. The van der Waals surface area contributed by atoms with Crippen molar-refractivity contribution in [3.8, 4) is 0 Å². The van der Waals surface area contributed by atoms with Crippen molar-refractivity contribution in [1.29, 1.82) is 0 Å². The molecule has 1 N–H and O–H groups in total. The highest BCUT2D eigenvalue weighted by Crippen LogP contribution is 2.17. The third-order valence-corrected chi connectivity index (χ3v) is 3.34. The summed E-state index contributed by atoms with van der Waals surface area (Å²) in [5.74, 6) is -0.0357. The summed E-state index contributed by atoms with van der Waals surface area (Å²) in [5, 5.41) is 2.88. The number of carbonyl (C=O) groups is 2. The average Bonchev–Trinajstić information content (AvgIpc) is 2.78. The molecule has 0 aromatic carbocycles. The van der Waals surface area contributed by atoms with Crippen molar-refractivity contribution in [2.75, 3.05) is 13.1 Å². The van der Waals surface area contributed by atoms with Crippen LogP contribution in [0, 0.1) is 11.8 Å². The van der Waals surface area contributed by atoms with Gasteiger partial charge in [-0.1, -0.05) is 40.5 Å². The first-order chi connectivity index (χ1) is 8.90. The van der Waals surface area contributed by atoms with Crippen LogP contribution in [0.2, 0.25) is 0 Å². The predicted octanol–water partition coefficient (Wildman–Crippen LogP) is 2.19. The van der Waals surface area contributed by atoms with E-state index in [0.717, 1.165) is 25.7 Å². The fourth-order valence-corrected chi connectivity index (χ4v) is 2.58. The lowest BCUT2D eigenvalue weighted by Gasteiger charge is -2.26. The molecule has 0 atom stereocenters. The third kappa shape index (κ3) is 5.62. The van der Waals surface area contributed by atoms with Gasteiger partial charge >= 0.3 is 11.8 Å². The molecule has 1 aliphatic rings. The quantitative estimate of drug-likeness (QED) is 0.777. The van der Waals surface area contributed by atoms with E-state index in [0.29, 0.717) is 24.9 Å². The Labute approximate surface area is 116 Å². The van der Waals surface area contributed by atoms with E-state index in [-0.39, 0.29) is 11.9 Å². The maximum atomic E-state index is 12.2. The molecule has 0 unspecified atom stereocenters. The maximum absolute atomic E-state index is 12.2. The second-order valence-electron chi connectivity index (χ2n) is 6.45. The number of rotatable bonds is 5. The van der Waals surface area contributed by atoms with Gasteiger partial charge in [0.2, 0.25) is 0 Å². The summed E-state index contributed by atoms with van der Waals surface area (Å²) >= 11 is 0. The van der Waals surface area contributed by atoms with E-state index in [9.17, 15) is 9.59 Å². The van der Waals surface area contributed by atoms with Gasteiger partial charge in [0.1, 0.15) is 0 Å². The highest BCUT2D eigenvalue weighted by molar-refractivity contribution is 6.35. The minimum Gasteiger partial charge on any atom is -0.345 e. The molecular formula is C15H28N2O2. The molecule has 1 rings (SSSR count). The van der Waals surface area contributed by atoms with Gasteiger partial charge < -0.3 is 10.2 Å². The van der Waals surface area contributed by atoms with Gasteiger partial charge in [0.25, 0.3) is 0 Å². The summed E-state index contributed by atoms with van der Waals surface area (Å²) in [6.07, 6.45) is 4.32.